The SMILES string of the molecule is COc1cc(/C=C\C(N)=O)cc(C(C)O)c1. The van der Waals surface area contributed by atoms with Crippen LogP contribution in [-0.4, -0.2) is 18.1 Å². The van der Waals surface area contributed by atoms with E-state index >= 15 is 0 Å². The number of carbonyl (C=O) groups excluding carboxylic acids is 1. The molecule has 1 amide bonds. The topological polar surface area (TPSA) is 72.5 Å². The smallest absolute Gasteiger partial charge is 0.241 e. The van der Waals surface area contributed by atoms with E-state index in [1.807, 2.05) is 0 Å². The van der Waals surface area contributed by atoms with Crippen molar-refractivity contribution < 1.29 is 14.6 Å². The van der Waals surface area contributed by atoms with Crippen LogP contribution in [0.5, 0.6) is 5.75 Å². The van der Waals surface area contributed by atoms with Crippen LogP contribution >= 0.6 is 0 Å². The number of rotatable bonds is 4. The van der Waals surface area contributed by atoms with E-state index in [0.717, 1.165) is 11.1 Å². The molecule has 4 nitrogen and oxygen atoms in total. The first-order valence-electron chi connectivity index (χ1n) is 4.87. The number of primary amides is 1. The second-order valence-electron chi connectivity index (χ2n) is 3.45. The average molecular weight is 221 g/mol. The predicted molar refractivity (Wildman–Crippen MR) is 61.9 cm³/mol. The highest BCUT2D eigenvalue weighted by molar-refractivity contribution is 5.90. The van der Waals surface area contributed by atoms with Gasteiger partial charge in [-0.15, -0.1) is 0 Å². The van der Waals surface area contributed by atoms with E-state index in [0.29, 0.717) is 5.75 Å². The molecule has 4 heteroatoms. The molecule has 0 saturated carbocycles. The molecule has 0 saturated heterocycles. The van der Waals surface area contributed by atoms with E-state index in [4.69, 9.17) is 10.5 Å². The molecule has 1 rings (SSSR count). The average Bonchev–Trinajstić information content (AvgIpc) is 2.25. The number of nitrogens with two attached hydrogens (primary N) is 1. The molecule has 3 N–H and O–H groups in total. The van der Waals surface area contributed by atoms with E-state index in [2.05, 4.69) is 0 Å². The Bertz CT molecular complexity index is 411. The number of amides is 1. The van der Waals surface area contributed by atoms with Gasteiger partial charge >= 0.3 is 0 Å². The van der Waals surface area contributed by atoms with Crippen LogP contribution in [0.25, 0.3) is 6.08 Å². The van der Waals surface area contributed by atoms with Gasteiger partial charge in [-0.2, -0.15) is 0 Å². The molecule has 0 aliphatic carbocycles. The Balaban J connectivity index is 3.09. The van der Waals surface area contributed by atoms with Crippen molar-refractivity contribution >= 4 is 12.0 Å². The molecule has 0 bridgehead atoms. The first-order chi connectivity index (χ1) is 7.52. The summed E-state index contributed by atoms with van der Waals surface area (Å²) in [6, 6.07) is 5.27. The molecule has 0 radical (unpaired) electrons. The minimum atomic E-state index is -0.587. The molecule has 0 spiro atoms. The van der Waals surface area contributed by atoms with Gasteiger partial charge in [-0.1, -0.05) is 0 Å². The summed E-state index contributed by atoms with van der Waals surface area (Å²) in [7, 11) is 1.54. The number of aliphatic hydroxyl groups excluding tert-OH is 1. The molecular weight excluding hydrogens is 206 g/mol. The normalized spacial score (nSPS) is 12.7. The highest BCUT2D eigenvalue weighted by Gasteiger charge is 2.04. The van der Waals surface area contributed by atoms with Crippen LogP contribution in [-0.2, 0) is 4.79 Å². The second-order valence-corrected chi connectivity index (χ2v) is 3.45. The molecule has 0 fully saturated rings. The van der Waals surface area contributed by atoms with Gasteiger partial charge in [0.25, 0.3) is 0 Å². The third-order valence-electron chi connectivity index (χ3n) is 2.11. The zero-order chi connectivity index (χ0) is 12.1. The third kappa shape index (κ3) is 3.40. The number of methoxy groups -OCH3 is 1. The van der Waals surface area contributed by atoms with Crippen molar-refractivity contribution in [2.45, 2.75) is 13.0 Å². The number of benzene rings is 1. The molecule has 0 aliphatic heterocycles. The van der Waals surface area contributed by atoms with Gasteiger partial charge < -0.3 is 15.6 Å². The Labute approximate surface area is 94.3 Å². The zero-order valence-corrected chi connectivity index (χ0v) is 9.31. The Morgan fingerprint density at radius 1 is 1.50 bits per heavy atom. The number of aliphatic hydroxyl groups is 1. The quantitative estimate of drug-likeness (QED) is 0.751. The Hall–Kier alpha value is -1.81. The number of hydrogen-bond acceptors (Lipinski definition) is 3. The Morgan fingerprint density at radius 2 is 2.19 bits per heavy atom. The maximum atomic E-state index is 10.6. The van der Waals surface area contributed by atoms with E-state index < -0.39 is 12.0 Å². The molecular formula is C12H15NO3. The highest BCUT2D eigenvalue weighted by Crippen LogP contribution is 2.22. The van der Waals surface area contributed by atoms with Crippen molar-refractivity contribution in [3.05, 3.63) is 35.4 Å². The summed E-state index contributed by atoms with van der Waals surface area (Å²) in [6.07, 6.45) is 2.26. The minimum Gasteiger partial charge on any atom is -0.497 e. The minimum absolute atomic E-state index is 0.513. The summed E-state index contributed by atoms with van der Waals surface area (Å²) in [4.78, 5) is 10.6. The molecule has 0 aliphatic rings. The van der Waals surface area contributed by atoms with Gasteiger partial charge in [-0.3, -0.25) is 4.79 Å². The molecule has 1 unspecified atom stereocenters. The first-order valence-corrected chi connectivity index (χ1v) is 4.87. The van der Waals surface area contributed by atoms with Crippen LogP contribution in [0.1, 0.15) is 24.2 Å². The largest absolute Gasteiger partial charge is 0.497 e. The summed E-state index contributed by atoms with van der Waals surface area (Å²) in [5.74, 6) is 0.115. The molecule has 1 aromatic carbocycles. The predicted octanol–water partition coefficient (Wildman–Crippen LogP) is 1.25. The molecule has 0 heterocycles. The van der Waals surface area contributed by atoms with Crippen LogP contribution in [0, 0.1) is 0 Å². The first kappa shape index (κ1) is 12.3. The lowest BCUT2D eigenvalue weighted by atomic mass is 10.1. The molecule has 16 heavy (non-hydrogen) atoms. The summed E-state index contributed by atoms with van der Waals surface area (Å²) < 4.78 is 5.09. The summed E-state index contributed by atoms with van der Waals surface area (Å²) in [5, 5.41) is 9.47. The fourth-order valence-electron chi connectivity index (χ4n) is 1.28. The number of ether oxygens (including phenoxy) is 1. The lowest BCUT2D eigenvalue weighted by Gasteiger charge is -2.08. The van der Waals surface area contributed by atoms with E-state index in [-0.39, 0.29) is 0 Å². The van der Waals surface area contributed by atoms with Gasteiger partial charge in [0.15, 0.2) is 0 Å². The van der Waals surface area contributed by atoms with E-state index in [9.17, 15) is 9.90 Å². The standard InChI is InChI=1S/C12H15NO3/c1-8(14)10-5-9(3-4-12(13)15)6-11(7-10)16-2/h3-8,14H,1-2H3,(H2,13,15)/b4-3-. The van der Waals surface area contributed by atoms with Crippen molar-refractivity contribution in [3.63, 3.8) is 0 Å². The van der Waals surface area contributed by atoms with Gasteiger partial charge in [0, 0.05) is 6.08 Å². The zero-order valence-electron chi connectivity index (χ0n) is 9.31. The molecule has 1 aromatic rings. The lowest BCUT2D eigenvalue weighted by Crippen LogP contribution is -2.05. The lowest BCUT2D eigenvalue weighted by molar-refractivity contribution is -0.113. The van der Waals surface area contributed by atoms with Crippen molar-refractivity contribution in [1.29, 1.82) is 0 Å². The van der Waals surface area contributed by atoms with Gasteiger partial charge in [0.1, 0.15) is 5.75 Å². The third-order valence-corrected chi connectivity index (χ3v) is 2.11. The summed E-state index contributed by atoms with van der Waals surface area (Å²) >= 11 is 0. The van der Waals surface area contributed by atoms with Crippen molar-refractivity contribution in [2.75, 3.05) is 7.11 Å². The monoisotopic (exact) mass is 221 g/mol. The van der Waals surface area contributed by atoms with Gasteiger partial charge in [0.2, 0.25) is 5.91 Å². The Kier molecular flexibility index (Phi) is 4.08. The van der Waals surface area contributed by atoms with Crippen LogP contribution in [0.4, 0.5) is 0 Å². The fourth-order valence-corrected chi connectivity index (χ4v) is 1.28. The summed E-state index contributed by atoms with van der Waals surface area (Å²) in [5.41, 5.74) is 6.49. The van der Waals surface area contributed by atoms with Gasteiger partial charge in [0.05, 0.1) is 13.2 Å². The Morgan fingerprint density at radius 3 is 2.69 bits per heavy atom. The van der Waals surface area contributed by atoms with Crippen molar-refractivity contribution in [1.82, 2.24) is 0 Å². The van der Waals surface area contributed by atoms with E-state index in [1.54, 1.807) is 38.3 Å². The fraction of sp³-hybridized carbons (Fsp3) is 0.250. The van der Waals surface area contributed by atoms with Crippen LogP contribution in [0.15, 0.2) is 24.3 Å². The van der Waals surface area contributed by atoms with Gasteiger partial charge in [-0.05, 0) is 42.3 Å². The number of carbonyl (C=O) groups is 1. The molecule has 1 atom stereocenters. The summed E-state index contributed by atoms with van der Waals surface area (Å²) in [6.45, 7) is 1.66. The highest BCUT2D eigenvalue weighted by atomic mass is 16.5. The van der Waals surface area contributed by atoms with Gasteiger partial charge in [-0.25, -0.2) is 0 Å². The maximum Gasteiger partial charge on any atom is 0.241 e. The maximum absolute atomic E-state index is 10.6. The van der Waals surface area contributed by atoms with Crippen molar-refractivity contribution in [2.24, 2.45) is 5.73 Å². The van der Waals surface area contributed by atoms with E-state index in [1.165, 1.54) is 6.08 Å². The molecule has 0 aromatic heterocycles. The van der Waals surface area contributed by atoms with Crippen molar-refractivity contribution in [3.8, 4) is 5.75 Å². The van der Waals surface area contributed by atoms with Crippen LogP contribution in [0.2, 0.25) is 0 Å². The number of hydrogen-bond donors (Lipinski definition) is 2. The van der Waals surface area contributed by atoms with Crippen LogP contribution < -0.4 is 10.5 Å². The second kappa shape index (κ2) is 5.32. The molecule has 86 valence electrons. The van der Waals surface area contributed by atoms with Crippen LogP contribution in [0.3, 0.4) is 0 Å².